The van der Waals surface area contributed by atoms with Crippen LogP contribution in [0.15, 0.2) is 60.7 Å². The van der Waals surface area contributed by atoms with Gasteiger partial charge in [0, 0.05) is 36.7 Å². The first-order chi connectivity index (χ1) is 31.2. The van der Waals surface area contributed by atoms with Crippen LogP contribution in [0.4, 0.5) is 0 Å². The SMILES string of the molecule is CCCCCOc1ccc(-c2nc(C)c(C(=O)NC(CCN)C(=O)N(C)[C@@H]3C(=O)N[C@@H](C)C(=O)N[C@H](C(=O)NCC#N)Cc4ccc(O)c(c4)-c4cc3ccc4OCCN)c(C)n2)cc1. The zero-order valence-corrected chi connectivity index (χ0v) is 37.4. The Labute approximate surface area is 378 Å². The minimum atomic E-state index is -1.43. The minimum absolute atomic E-state index is 0.0135. The first-order valence-electron chi connectivity index (χ1n) is 21.6. The van der Waals surface area contributed by atoms with E-state index in [-0.39, 0.29) is 61.5 Å². The molecule has 5 rings (SSSR count). The normalized spacial score (nSPS) is 16.4. The zero-order valence-electron chi connectivity index (χ0n) is 37.4. The molecular formula is C47H58N10O8. The molecule has 0 fully saturated rings. The second-order valence-corrected chi connectivity index (χ2v) is 15.7. The Bertz CT molecular complexity index is 2380. The van der Waals surface area contributed by atoms with Gasteiger partial charge in [-0.2, -0.15) is 5.26 Å². The van der Waals surface area contributed by atoms with Crippen molar-refractivity contribution in [1.29, 1.82) is 5.26 Å². The molecule has 1 aliphatic rings. The van der Waals surface area contributed by atoms with Gasteiger partial charge in [0.05, 0.1) is 29.6 Å². The molecule has 2 heterocycles. The lowest BCUT2D eigenvalue weighted by atomic mass is 9.93. The molecule has 4 atom stereocenters. The Kier molecular flexibility index (Phi) is 17.3. The first-order valence-corrected chi connectivity index (χ1v) is 21.6. The van der Waals surface area contributed by atoms with Crippen LogP contribution in [0.3, 0.4) is 0 Å². The number of phenols is 1. The molecule has 18 heteroatoms. The number of nitrogens with zero attached hydrogens (tertiary/aromatic N) is 4. The summed E-state index contributed by atoms with van der Waals surface area (Å²) in [6, 6.07) is 13.5. The highest BCUT2D eigenvalue weighted by Gasteiger charge is 2.36. The van der Waals surface area contributed by atoms with E-state index in [2.05, 4.69) is 38.2 Å². The maximum atomic E-state index is 14.6. The number of amides is 5. The Morgan fingerprint density at radius 1 is 0.938 bits per heavy atom. The maximum absolute atomic E-state index is 14.6. The molecule has 3 aromatic carbocycles. The van der Waals surface area contributed by atoms with Crippen LogP contribution in [-0.4, -0.2) is 108 Å². The highest BCUT2D eigenvalue weighted by molar-refractivity contribution is 6.00. The third-order valence-corrected chi connectivity index (χ3v) is 10.9. The Balaban J connectivity index is 1.49. The quantitative estimate of drug-likeness (QED) is 0.0594. The van der Waals surface area contributed by atoms with Crippen molar-refractivity contribution in [1.82, 2.24) is 36.1 Å². The smallest absolute Gasteiger partial charge is 0.255 e. The van der Waals surface area contributed by atoms with Gasteiger partial charge in [0.2, 0.25) is 23.6 Å². The Hall–Kier alpha value is -7.10. The number of carbonyl (C=O) groups is 5. The van der Waals surface area contributed by atoms with E-state index in [1.54, 1.807) is 44.2 Å². The van der Waals surface area contributed by atoms with E-state index < -0.39 is 53.7 Å². The summed E-state index contributed by atoms with van der Waals surface area (Å²) in [6.07, 6.45) is 3.09. The van der Waals surface area contributed by atoms with E-state index in [4.69, 9.17) is 26.2 Å². The molecule has 18 nitrogen and oxygen atoms in total. The van der Waals surface area contributed by atoms with Crippen LogP contribution in [0.5, 0.6) is 17.2 Å². The first kappa shape index (κ1) is 48.9. The summed E-state index contributed by atoms with van der Waals surface area (Å²) in [7, 11) is 1.39. The van der Waals surface area contributed by atoms with Crippen molar-refractivity contribution >= 4 is 29.5 Å². The van der Waals surface area contributed by atoms with Crippen LogP contribution in [0, 0.1) is 25.2 Å². The van der Waals surface area contributed by atoms with Crippen LogP contribution in [0.1, 0.15) is 78.4 Å². The minimum Gasteiger partial charge on any atom is -0.507 e. The predicted molar refractivity (Wildman–Crippen MR) is 242 cm³/mol. The van der Waals surface area contributed by atoms with Gasteiger partial charge in [-0.15, -0.1) is 0 Å². The molecule has 1 unspecified atom stereocenters. The number of hydrogen-bond acceptors (Lipinski definition) is 13. The number of likely N-dealkylation sites (N-methyl/N-ethyl adjacent to an activating group) is 1. The fourth-order valence-electron chi connectivity index (χ4n) is 7.49. The van der Waals surface area contributed by atoms with Gasteiger partial charge in [0.15, 0.2) is 5.82 Å². The van der Waals surface area contributed by atoms with E-state index in [1.807, 2.05) is 30.3 Å². The number of ether oxygens (including phenoxy) is 2. The standard InChI is InChI=1S/C47H58N10O8/c1-6-7-8-22-64-33-13-10-31(11-14-33)42-52-27(2)40(28(3)53-42)45(61)55-36(17-18-48)47(63)57(5)41-32-12-16-39(65-23-20-50)35(26-32)34-24-30(9-15-38(34)58)25-37(44(60)51-21-19-49)56-43(59)29(4)54-46(41)62/h9-16,24,26,29,36-37,41,58H,6-8,17-18,20-23,25,48,50H2,1-5H3,(H,51,60)(H,54,62)(H,55,61)(H,56,59)/t29-,36?,37-,41-/m0/s1. The van der Waals surface area contributed by atoms with Gasteiger partial charge >= 0.3 is 0 Å². The Morgan fingerprint density at radius 3 is 2.32 bits per heavy atom. The molecule has 0 spiro atoms. The molecule has 0 saturated heterocycles. The third kappa shape index (κ3) is 12.3. The van der Waals surface area contributed by atoms with Gasteiger partial charge in [-0.3, -0.25) is 24.0 Å². The topological polar surface area (TPSA) is 277 Å². The van der Waals surface area contributed by atoms with Crippen LogP contribution in [0.25, 0.3) is 22.5 Å². The molecular weight excluding hydrogens is 833 g/mol. The molecule has 1 aliphatic heterocycles. The fraction of sp³-hybridized carbons (Fsp3) is 0.404. The molecule has 0 radical (unpaired) electrons. The summed E-state index contributed by atoms with van der Waals surface area (Å²) in [6.45, 7) is 7.47. The van der Waals surface area contributed by atoms with Crippen molar-refractivity contribution in [2.45, 2.75) is 84.0 Å². The number of hydrogen-bond donors (Lipinski definition) is 7. The molecule has 9 N–H and O–H groups in total. The lowest BCUT2D eigenvalue weighted by molar-refractivity contribution is -0.141. The average molecular weight is 891 g/mol. The van der Waals surface area contributed by atoms with E-state index in [0.717, 1.165) is 35.5 Å². The van der Waals surface area contributed by atoms with Gasteiger partial charge in [0.1, 0.15) is 54.6 Å². The van der Waals surface area contributed by atoms with E-state index >= 15 is 0 Å². The largest absolute Gasteiger partial charge is 0.507 e. The number of fused-ring (bicyclic) bond motifs is 5. The molecule has 1 aromatic heterocycles. The molecule has 0 aliphatic carbocycles. The second kappa shape index (κ2) is 23.0. The molecule has 4 aromatic rings. The number of carbonyl (C=O) groups excluding carboxylic acids is 5. The summed E-state index contributed by atoms with van der Waals surface area (Å²) < 4.78 is 11.8. The summed E-state index contributed by atoms with van der Waals surface area (Å²) in [5, 5.41) is 30.9. The van der Waals surface area contributed by atoms with Crippen LogP contribution < -0.4 is 42.2 Å². The number of nitrogens with two attached hydrogens (primary N) is 2. The number of aryl methyl sites for hydroxylation is 2. The fourth-order valence-corrected chi connectivity index (χ4v) is 7.49. The van der Waals surface area contributed by atoms with E-state index in [0.29, 0.717) is 40.7 Å². The van der Waals surface area contributed by atoms with Crippen molar-refractivity contribution in [3.63, 3.8) is 0 Å². The third-order valence-electron chi connectivity index (χ3n) is 10.9. The van der Waals surface area contributed by atoms with Gasteiger partial charge < -0.3 is 52.2 Å². The highest BCUT2D eigenvalue weighted by Crippen LogP contribution is 2.39. The van der Waals surface area contributed by atoms with Crippen LogP contribution in [0.2, 0.25) is 0 Å². The highest BCUT2D eigenvalue weighted by atomic mass is 16.5. The number of benzene rings is 3. The lowest BCUT2D eigenvalue weighted by Crippen LogP contribution is -2.56. The van der Waals surface area contributed by atoms with Gasteiger partial charge in [-0.1, -0.05) is 31.9 Å². The molecule has 0 saturated carbocycles. The van der Waals surface area contributed by atoms with Crippen molar-refractivity contribution in [3.05, 3.63) is 88.7 Å². The number of unbranched alkanes of at least 4 members (excludes halogenated alkanes) is 2. The van der Waals surface area contributed by atoms with E-state index in [9.17, 15) is 29.1 Å². The molecule has 344 valence electrons. The van der Waals surface area contributed by atoms with Crippen molar-refractivity contribution in [2.75, 3.05) is 39.9 Å². The number of aromatic hydroxyl groups is 1. The second-order valence-electron chi connectivity index (χ2n) is 15.7. The van der Waals surface area contributed by atoms with E-state index in [1.165, 1.54) is 20.0 Å². The molecule has 65 heavy (non-hydrogen) atoms. The monoisotopic (exact) mass is 890 g/mol. The Morgan fingerprint density at radius 2 is 1.66 bits per heavy atom. The predicted octanol–water partition coefficient (Wildman–Crippen LogP) is 2.87. The summed E-state index contributed by atoms with van der Waals surface area (Å²) in [5.74, 6) is -2.20. The number of rotatable bonds is 17. The zero-order chi connectivity index (χ0) is 47.2. The van der Waals surface area contributed by atoms with Crippen LogP contribution >= 0.6 is 0 Å². The van der Waals surface area contributed by atoms with Crippen molar-refractivity contribution in [2.24, 2.45) is 11.5 Å². The number of nitrogens with one attached hydrogen (secondary N) is 4. The average Bonchev–Trinajstić information content (AvgIpc) is 3.28. The van der Waals surface area contributed by atoms with Crippen LogP contribution in [-0.2, 0) is 25.6 Å². The summed E-state index contributed by atoms with van der Waals surface area (Å²) in [4.78, 5) is 80.4. The van der Waals surface area contributed by atoms with Gasteiger partial charge in [0.25, 0.3) is 5.91 Å². The van der Waals surface area contributed by atoms with Gasteiger partial charge in [-0.25, -0.2) is 9.97 Å². The number of nitriles is 1. The number of aromatic nitrogens is 2. The maximum Gasteiger partial charge on any atom is 0.255 e. The lowest BCUT2D eigenvalue weighted by Gasteiger charge is -2.32. The number of phenolic OH excluding ortho intramolecular Hbond substituents is 1. The summed E-state index contributed by atoms with van der Waals surface area (Å²) >= 11 is 0. The van der Waals surface area contributed by atoms with Crippen molar-refractivity contribution < 1.29 is 38.6 Å². The van der Waals surface area contributed by atoms with Gasteiger partial charge in [-0.05, 0) is 99.8 Å². The molecule has 4 bridgehead atoms. The van der Waals surface area contributed by atoms with Crippen molar-refractivity contribution in [3.8, 4) is 45.8 Å². The summed E-state index contributed by atoms with van der Waals surface area (Å²) in [5.41, 5.74) is 14.8. The molecule has 5 amide bonds.